The first-order valence-electron chi connectivity index (χ1n) is 5.71. The van der Waals surface area contributed by atoms with Gasteiger partial charge in [-0.2, -0.15) is 0 Å². The van der Waals surface area contributed by atoms with Crippen LogP contribution in [0.3, 0.4) is 0 Å². The molecule has 94 valence electrons. The maximum atomic E-state index is 10.8. The Morgan fingerprint density at radius 1 is 1.29 bits per heavy atom. The van der Waals surface area contributed by atoms with E-state index in [2.05, 4.69) is 31.4 Å². The van der Waals surface area contributed by atoms with Gasteiger partial charge in [-0.25, -0.2) is 4.79 Å². The summed E-state index contributed by atoms with van der Waals surface area (Å²) in [4.78, 5) is 10.8. The molecule has 0 radical (unpaired) electrons. The first kappa shape index (κ1) is 13.5. The van der Waals surface area contributed by atoms with Crippen molar-refractivity contribution in [3.63, 3.8) is 0 Å². The second kappa shape index (κ2) is 5.68. The molecule has 0 aliphatic heterocycles. The quantitative estimate of drug-likeness (QED) is 0.686. The summed E-state index contributed by atoms with van der Waals surface area (Å²) in [7, 11) is 0. The lowest BCUT2D eigenvalue weighted by Gasteiger charge is -2.20. The van der Waals surface area contributed by atoms with Crippen molar-refractivity contribution in [1.29, 1.82) is 0 Å². The fraction of sp³-hybridized carbons (Fsp3) is 0.462. The number of nitrogens with one attached hydrogen (secondary N) is 2. The Morgan fingerprint density at radius 3 is 2.59 bits per heavy atom. The third-order valence-electron chi connectivity index (χ3n) is 2.22. The van der Waals surface area contributed by atoms with Crippen LogP contribution in [-0.4, -0.2) is 29.7 Å². The molecular weight excluding hydrogens is 216 g/mol. The highest BCUT2D eigenvalue weighted by Crippen LogP contribution is 2.10. The molecule has 0 fully saturated rings. The smallest absolute Gasteiger partial charge is 0.335 e. The predicted octanol–water partition coefficient (Wildman–Crippen LogP) is 2.18. The van der Waals surface area contributed by atoms with E-state index < -0.39 is 5.97 Å². The molecule has 17 heavy (non-hydrogen) atoms. The van der Waals surface area contributed by atoms with E-state index in [1.165, 1.54) is 0 Å². The molecular formula is C13H20N2O2. The van der Waals surface area contributed by atoms with Crippen LogP contribution < -0.4 is 10.6 Å². The summed E-state index contributed by atoms with van der Waals surface area (Å²) in [5.74, 6) is -0.901. The fourth-order valence-corrected chi connectivity index (χ4v) is 1.41. The highest BCUT2D eigenvalue weighted by atomic mass is 16.4. The van der Waals surface area contributed by atoms with Gasteiger partial charge in [-0.3, -0.25) is 0 Å². The molecule has 0 unspecified atom stereocenters. The molecule has 0 aromatic heterocycles. The SMILES string of the molecule is CC(C)(C)NCCNc1cccc(C(=O)O)c1. The number of carbonyl (C=O) groups is 1. The number of benzene rings is 1. The van der Waals surface area contributed by atoms with E-state index in [0.29, 0.717) is 5.56 Å². The van der Waals surface area contributed by atoms with Crippen molar-refractivity contribution in [3.05, 3.63) is 29.8 Å². The van der Waals surface area contributed by atoms with Gasteiger partial charge < -0.3 is 15.7 Å². The molecule has 1 aromatic carbocycles. The third kappa shape index (κ3) is 5.36. The molecule has 0 saturated carbocycles. The Kier molecular flexibility index (Phi) is 4.52. The lowest BCUT2D eigenvalue weighted by molar-refractivity contribution is 0.0697. The molecule has 0 aliphatic rings. The minimum absolute atomic E-state index is 0.102. The summed E-state index contributed by atoms with van der Waals surface area (Å²) in [6.07, 6.45) is 0. The van der Waals surface area contributed by atoms with Crippen molar-refractivity contribution in [3.8, 4) is 0 Å². The van der Waals surface area contributed by atoms with Gasteiger partial charge in [-0.15, -0.1) is 0 Å². The summed E-state index contributed by atoms with van der Waals surface area (Å²) < 4.78 is 0. The Bertz CT molecular complexity index is 383. The molecule has 0 bridgehead atoms. The van der Waals surface area contributed by atoms with Gasteiger partial charge in [0.1, 0.15) is 0 Å². The average molecular weight is 236 g/mol. The highest BCUT2D eigenvalue weighted by molar-refractivity contribution is 5.88. The zero-order valence-corrected chi connectivity index (χ0v) is 10.6. The lowest BCUT2D eigenvalue weighted by Crippen LogP contribution is -2.38. The predicted molar refractivity (Wildman–Crippen MR) is 69.6 cm³/mol. The molecule has 1 rings (SSSR count). The number of anilines is 1. The zero-order chi connectivity index (χ0) is 12.9. The van der Waals surface area contributed by atoms with Gasteiger partial charge in [-0.1, -0.05) is 6.07 Å². The minimum atomic E-state index is -0.901. The number of aromatic carboxylic acids is 1. The Hall–Kier alpha value is -1.55. The minimum Gasteiger partial charge on any atom is -0.478 e. The molecule has 3 N–H and O–H groups in total. The van der Waals surface area contributed by atoms with Gasteiger partial charge in [0.2, 0.25) is 0 Å². The number of rotatable bonds is 5. The standard InChI is InChI=1S/C13H20N2O2/c1-13(2,3)15-8-7-14-11-6-4-5-10(9-11)12(16)17/h4-6,9,14-15H,7-8H2,1-3H3,(H,16,17). The summed E-state index contributed by atoms with van der Waals surface area (Å²) in [6.45, 7) is 7.93. The number of carboxylic acids is 1. The molecule has 0 heterocycles. The average Bonchev–Trinajstić information content (AvgIpc) is 2.23. The fourth-order valence-electron chi connectivity index (χ4n) is 1.41. The third-order valence-corrected chi connectivity index (χ3v) is 2.22. The zero-order valence-electron chi connectivity index (χ0n) is 10.6. The van der Waals surface area contributed by atoms with Crippen LogP contribution in [0.15, 0.2) is 24.3 Å². The number of hydrogen-bond donors (Lipinski definition) is 3. The molecule has 1 aromatic rings. The van der Waals surface area contributed by atoms with Crippen LogP contribution in [0, 0.1) is 0 Å². The molecule has 0 amide bonds. The van der Waals surface area contributed by atoms with Gasteiger partial charge in [0, 0.05) is 24.3 Å². The van der Waals surface area contributed by atoms with E-state index in [0.717, 1.165) is 18.8 Å². The normalized spacial score (nSPS) is 11.2. The molecule has 0 atom stereocenters. The Labute approximate surface area is 102 Å². The van der Waals surface area contributed by atoms with Gasteiger partial charge >= 0.3 is 5.97 Å². The number of carboxylic acid groups (broad SMARTS) is 1. The summed E-state index contributed by atoms with van der Waals surface area (Å²) >= 11 is 0. The maximum Gasteiger partial charge on any atom is 0.335 e. The van der Waals surface area contributed by atoms with Crippen molar-refractivity contribution in [2.75, 3.05) is 18.4 Å². The van der Waals surface area contributed by atoms with Gasteiger partial charge in [-0.05, 0) is 39.0 Å². The monoisotopic (exact) mass is 236 g/mol. The topological polar surface area (TPSA) is 61.4 Å². The van der Waals surface area contributed by atoms with Crippen LogP contribution in [0.1, 0.15) is 31.1 Å². The summed E-state index contributed by atoms with van der Waals surface area (Å²) in [6, 6.07) is 6.83. The highest BCUT2D eigenvalue weighted by Gasteiger charge is 2.07. The molecule has 4 nitrogen and oxygen atoms in total. The van der Waals surface area contributed by atoms with E-state index >= 15 is 0 Å². The van der Waals surface area contributed by atoms with Crippen LogP contribution in [0.4, 0.5) is 5.69 Å². The van der Waals surface area contributed by atoms with Crippen LogP contribution in [-0.2, 0) is 0 Å². The lowest BCUT2D eigenvalue weighted by atomic mass is 10.1. The van der Waals surface area contributed by atoms with Crippen LogP contribution in [0.2, 0.25) is 0 Å². The van der Waals surface area contributed by atoms with E-state index in [-0.39, 0.29) is 5.54 Å². The largest absolute Gasteiger partial charge is 0.478 e. The molecule has 0 spiro atoms. The Balaban J connectivity index is 2.42. The molecule has 0 saturated heterocycles. The second-order valence-electron chi connectivity index (χ2n) is 4.99. The van der Waals surface area contributed by atoms with E-state index in [4.69, 9.17) is 5.11 Å². The second-order valence-corrected chi connectivity index (χ2v) is 4.99. The van der Waals surface area contributed by atoms with Crippen LogP contribution in [0.5, 0.6) is 0 Å². The molecule has 0 aliphatic carbocycles. The number of hydrogen-bond acceptors (Lipinski definition) is 3. The van der Waals surface area contributed by atoms with Crippen molar-refractivity contribution >= 4 is 11.7 Å². The van der Waals surface area contributed by atoms with Crippen LogP contribution >= 0.6 is 0 Å². The van der Waals surface area contributed by atoms with Crippen molar-refractivity contribution in [2.24, 2.45) is 0 Å². The van der Waals surface area contributed by atoms with E-state index in [9.17, 15) is 4.79 Å². The Morgan fingerprint density at radius 2 is 2.00 bits per heavy atom. The van der Waals surface area contributed by atoms with Gasteiger partial charge in [0.25, 0.3) is 0 Å². The van der Waals surface area contributed by atoms with Gasteiger partial charge in [0.05, 0.1) is 5.56 Å². The van der Waals surface area contributed by atoms with E-state index in [1.807, 2.05) is 6.07 Å². The first-order chi connectivity index (χ1) is 7.88. The van der Waals surface area contributed by atoms with Crippen molar-refractivity contribution in [1.82, 2.24) is 5.32 Å². The van der Waals surface area contributed by atoms with Crippen molar-refractivity contribution in [2.45, 2.75) is 26.3 Å². The van der Waals surface area contributed by atoms with Gasteiger partial charge in [0.15, 0.2) is 0 Å². The molecule has 4 heteroatoms. The van der Waals surface area contributed by atoms with Crippen molar-refractivity contribution < 1.29 is 9.90 Å². The van der Waals surface area contributed by atoms with E-state index in [1.54, 1.807) is 18.2 Å². The first-order valence-corrected chi connectivity index (χ1v) is 5.71. The summed E-state index contributed by atoms with van der Waals surface area (Å²) in [5.41, 5.74) is 1.24. The summed E-state index contributed by atoms with van der Waals surface area (Å²) in [5, 5.41) is 15.4. The van der Waals surface area contributed by atoms with Crippen LogP contribution in [0.25, 0.3) is 0 Å². The maximum absolute atomic E-state index is 10.8.